The van der Waals surface area contributed by atoms with Crippen molar-refractivity contribution in [2.24, 2.45) is 4.99 Å². The van der Waals surface area contributed by atoms with E-state index in [1.165, 1.54) is 4.88 Å². The predicted octanol–water partition coefficient (Wildman–Crippen LogP) is 3.35. The molecule has 2 N–H and O–H groups in total. The summed E-state index contributed by atoms with van der Waals surface area (Å²) in [6, 6.07) is 0. The SMILES string of the molecule is C=CCSCCNC(=NCc1sc(C)nc1C)NCC.I. The van der Waals surface area contributed by atoms with Crippen LogP contribution in [0.25, 0.3) is 0 Å². The van der Waals surface area contributed by atoms with Gasteiger partial charge in [0.15, 0.2) is 5.96 Å². The molecule has 0 spiro atoms. The number of hydrogen-bond acceptors (Lipinski definition) is 4. The van der Waals surface area contributed by atoms with Crippen LogP contribution in [0.15, 0.2) is 17.6 Å². The predicted molar refractivity (Wildman–Crippen MR) is 107 cm³/mol. The van der Waals surface area contributed by atoms with Gasteiger partial charge >= 0.3 is 0 Å². The van der Waals surface area contributed by atoms with Gasteiger partial charge in [0.05, 0.1) is 17.2 Å². The molecule has 0 unspecified atom stereocenters. The Kier molecular flexibility index (Phi) is 12.1. The van der Waals surface area contributed by atoms with Crippen LogP contribution in [0.1, 0.15) is 22.5 Å². The quantitative estimate of drug-likeness (QED) is 0.214. The lowest BCUT2D eigenvalue weighted by atomic mass is 10.4. The molecule has 0 amide bonds. The number of rotatable bonds is 8. The lowest BCUT2D eigenvalue weighted by molar-refractivity contribution is 0.844. The van der Waals surface area contributed by atoms with E-state index in [-0.39, 0.29) is 24.0 Å². The second-order valence-corrected chi connectivity index (χ2v) is 6.66. The van der Waals surface area contributed by atoms with Crippen LogP contribution in [-0.4, -0.2) is 35.5 Å². The molecule has 0 radical (unpaired) electrons. The molecule has 1 heterocycles. The Labute approximate surface area is 153 Å². The highest BCUT2D eigenvalue weighted by Crippen LogP contribution is 2.17. The molecule has 0 aliphatic heterocycles. The van der Waals surface area contributed by atoms with Crippen molar-refractivity contribution >= 4 is 53.0 Å². The summed E-state index contributed by atoms with van der Waals surface area (Å²) in [5.74, 6) is 2.92. The van der Waals surface area contributed by atoms with Crippen LogP contribution >= 0.6 is 47.1 Å². The van der Waals surface area contributed by atoms with E-state index in [4.69, 9.17) is 0 Å². The Morgan fingerprint density at radius 1 is 1.43 bits per heavy atom. The third-order valence-electron chi connectivity index (χ3n) is 2.50. The van der Waals surface area contributed by atoms with Crippen LogP contribution in [-0.2, 0) is 6.54 Å². The molecule has 1 aromatic heterocycles. The summed E-state index contributed by atoms with van der Waals surface area (Å²) in [5.41, 5.74) is 1.09. The van der Waals surface area contributed by atoms with Gasteiger partial charge in [-0.05, 0) is 20.8 Å². The number of aromatic nitrogens is 1. The second-order valence-electron chi connectivity index (χ2n) is 4.23. The second kappa shape index (κ2) is 12.3. The van der Waals surface area contributed by atoms with Gasteiger partial charge in [0, 0.05) is 29.5 Å². The van der Waals surface area contributed by atoms with Crippen LogP contribution < -0.4 is 10.6 Å². The fraction of sp³-hybridized carbons (Fsp3) is 0.571. The summed E-state index contributed by atoms with van der Waals surface area (Å²) in [6.07, 6.45) is 1.93. The molecule has 7 heteroatoms. The molecule has 0 bridgehead atoms. The minimum atomic E-state index is 0. The minimum absolute atomic E-state index is 0. The molecule has 1 aromatic rings. The molecule has 0 aromatic carbocycles. The smallest absolute Gasteiger partial charge is 0.191 e. The Balaban J connectivity index is 0.00000400. The average molecular weight is 440 g/mol. The van der Waals surface area contributed by atoms with Crippen molar-refractivity contribution in [1.82, 2.24) is 15.6 Å². The summed E-state index contributed by atoms with van der Waals surface area (Å²) in [6.45, 7) is 12.3. The van der Waals surface area contributed by atoms with Gasteiger partial charge in [-0.2, -0.15) is 11.8 Å². The molecule has 4 nitrogen and oxygen atoms in total. The van der Waals surface area contributed by atoms with Crippen molar-refractivity contribution in [3.63, 3.8) is 0 Å². The van der Waals surface area contributed by atoms with Crippen molar-refractivity contribution in [3.05, 3.63) is 28.2 Å². The molecule has 0 saturated carbocycles. The Bertz CT molecular complexity index is 446. The summed E-state index contributed by atoms with van der Waals surface area (Å²) >= 11 is 3.58. The summed E-state index contributed by atoms with van der Waals surface area (Å²) in [7, 11) is 0. The number of aliphatic imine (C=N–C) groups is 1. The highest BCUT2D eigenvalue weighted by atomic mass is 127. The fourth-order valence-electron chi connectivity index (χ4n) is 1.62. The molecule has 0 atom stereocenters. The molecule has 0 aliphatic rings. The fourth-order valence-corrected chi connectivity index (χ4v) is 3.06. The van der Waals surface area contributed by atoms with E-state index in [1.807, 2.05) is 31.7 Å². The molecule has 1 rings (SSSR count). The normalized spacial score (nSPS) is 10.9. The monoisotopic (exact) mass is 440 g/mol. The van der Waals surface area contributed by atoms with Gasteiger partial charge in [-0.15, -0.1) is 41.9 Å². The van der Waals surface area contributed by atoms with Gasteiger partial charge in [-0.25, -0.2) is 9.98 Å². The van der Waals surface area contributed by atoms with Gasteiger partial charge < -0.3 is 10.6 Å². The van der Waals surface area contributed by atoms with Gasteiger partial charge in [0.25, 0.3) is 0 Å². The van der Waals surface area contributed by atoms with E-state index in [1.54, 1.807) is 11.3 Å². The first kappa shape index (κ1) is 20.7. The van der Waals surface area contributed by atoms with Crippen molar-refractivity contribution in [2.45, 2.75) is 27.3 Å². The van der Waals surface area contributed by atoms with E-state index >= 15 is 0 Å². The van der Waals surface area contributed by atoms with Crippen molar-refractivity contribution < 1.29 is 0 Å². The van der Waals surface area contributed by atoms with E-state index in [9.17, 15) is 0 Å². The van der Waals surface area contributed by atoms with Crippen molar-refractivity contribution in [2.75, 3.05) is 24.6 Å². The highest BCUT2D eigenvalue weighted by molar-refractivity contribution is 14.0. The first-order chi connectivity index (χ1) is 9.67. The zero-order chi connectivity index (χ0) is 14.8. The Hall–Kier alpha value is -0.280. The van der Waals surface area contributed by atoms with Gasteiger partial charge in [0.2, 0.25) is 0 Å². The number of thioether (sulfide) groups is 1. The maximum absolute atomic E-state index is 4.61. The molecule has 0 saturated heterocycles. The van der Waals surface area contributed by atoms with Gasteiger partial charge in [-0.3, -0.25) is 0 Å². The molecular formula is C14H25IN4S2. The average Bonchev–Trinajstić information content (AvgIpc) is 2.74. The first-order valence-corrected chi connectivity index (χ1v) is 8.78. The van der Waals surface area contributed by atoms with Crippen molar-refractivity contribution in [1.29, 1.82) is 0 Å². The number of guanidine groups is 1. The minimum Gasteiger partial charge on any atom is -0.357 e. The number of hydrogen-bond donors (Lipinski definition) is 2. The number of nitrogens with one attached hydrogen (secondary N) is 2. The molecule has 21 heavy (non-hydrogen) atoms. The molecule has 120 valence electrons. The Morgan fingerprint density at radius 2 is 2.19 bits per heavy atom. The highest BCUT2D eigenvalue weighted by Gasteiger charge is 2.04. The van der Waals surface area contributed by atoms with Crippen LogP contribution in [0, 0.1) is 13.8 Å². The van der Waals surface area contributed by atoms with Crippen molar-refractivity contribution in [3.8, 4) is 0 Å². The third-order valence-corrected chi connectivity index (χ3v) is 4.52. The third kappa shape index (κ3) is 8.67. The van der Waals surface area contributed by atoms with Crippen LogP contribution in [0.2, 0.25) is 0 Å². The zero-order valence-corrected chi connectivity index (χ0v) is 16.9. The van der Waals surface area contributed by atoms with Crippen LogP contribution in [0.5, 0.6) is 0 Å². The summed E-state index contributed by atoms with van der Waals surface area (Å²) in [4.78, 5) is 10.3. The molecule has 0 aliphatic carbocycles. The Morgan fingerprint density at radius 3 is 2.76 bits per heavy atom. The van der Waals surface area contributed by atoms with E-state index in [0.29, 0.717) is 6.54 Å². The largest absolute Gasteiger partial charge is 0.357 e. The van der Waals surface area contributed by atoms with E-state index < -0.39 is 0 Å². The number of thiazole rings is 1. The van der Waals surface area contributed by atoms with E-state index in [0.717, 1.165) is 41.3 Å². The molecular weight excluding hydrogens is 415 g/mol. The zero-order valence-electron chi connectivity index (χ0n) is 12.9. The van der Waals surface area contributed by atoms with Crippen LogP contribution in [0.3, 0.4) is 0 Å². The maximum Gasteiger partial charge on any atom is 0.191 e. The number of aryl methyl sites for hydroxylation is 2. The lowest BCUT2D eigenvalue weighted by Crippen LogP contribution is -2.38. The summed E-state index contributed by atoms with van der Waals surface area (Å²) < 4.78 is 0. The first-order valence-electron chi connectivity index (χ1n) is 6.81. The van der Waals surface area contributed by atoms with Crippen LogP contribution in [0.4, 0.5) is 0 Å². The van der Waals surface area contributed by atoms with E-state index in [2.05, 4.69) is 34.1 Å². The van der Waals surface area contributed by atoms with Gasteiger partial charge in [-0.1, -0.05) is 6.08 Å². The summed E-state index contributed by atoms with van der Waals surface area (Å²) in [5, 5.41) is 7.71. The number of nitrogens with zero attached hydrogens (tertiary/aromatic N) is 2. The lowest BCUT2D eigenvalue weighted by Gasteiger charge is -2.10. The molecule has 0 fully saturated rings. The number of halogens is 1. The standard InChI is InChI=1S/C14H24N4S2.HI/c1-5-8-19-9-7-16-14(15-6-2)17-10-13-11(3)18-12(4)20-13;/h5H,1,6-10H2,2-4H3,(H2,15,16,17);1H. The topological polar surface area (TPSA) is 49.3 Å². The van der Waals surface area contributed by atoms with Gasteiger partial charge in [0.1, 0.15) is 0 Å². The maximum atomic E-state index is 4.61.